The number of halogens is 1. The van der Waals surface area contributed by atoms with Crippen molar-refractivity contribution in [3.05, 3.63) is 52.5 Å². The average Bonchev–Trinajstić information content (AvgIpc) is 2.97. The Hall–Kier alpha value is -1.66. The van der Waals surface area contributed by atoms with Gasteiger partial charge in [-0.15, -0.1) is 11.8 Å². The molecule has 1 N–H and O–H groups in total. The molecule has 0 fully saturated rings. The lowest BCUT2D eigenvalue weighted by atomic mass is 10.2. The SMILES string of the molecule is O=C(CSCc1ccc(Br)cc1)Nc1ccc2c(c1)OCO2. The molecular formula is C16H14BrNO3S. The Morgan fingerprint density at radius 2 is 1.91 bits per heavy atom. The maximum Gasteiger partial charge on any atom is 0.234 e. The molecule has 4 nitrogen and oxygen atoms in total. The minimum atomic E-state index is -0.0269. The number of ether oxygens (including phenoxy) is 2. The van der Waals surface area contributed by atoms with E-state index < -0.39 is 0 Å². The molecule has 3 rings (SSSR count). The molecule has 1 heterocycles. The highest BCUT2D eigenvalue weighted by Gasteiger charge is 2.14. The molecule has 1 aliphatic rings. The molecule has 0 radical (unpaired) electrons. The second-order valence-corrected chi connectivity index (χ2v) is 6.64. The van der Waals surface area contributed by atoms with Gasteiger partial charge in [-0.3, -0.25) is 4.79 Å². The van der Waals surface area contributed by atoms with Crippen molar-refractivity contribution in [3.63, 3.8) is 0 Å². The molecular weight excluding hydrogens is 366 g/mol. The van der Waals surface area contributed by atoms with Crippen molar-refractivity contribution >= 4 is 39.3 Å². The fraction of sp³-hybridized carbons (Fsp3) is 0.188. The van der Waals surface area contributed by atoms with E-state index in [0.717, 1.165) is 15.9 Å². The minimum absolute atomic E-state index is 0.0269. The van der Waals surface area contributed by atoms with E-state index in [0.29, 0.717) is 17.3 Å². The first-order chi connectivity index (χ1) is 10.7. The first kappa shape index (κ1) is 15.2. The first-order valence-electron chi connectivity index (χ1n) is 6.72. The summed E-state index contributed by atoms with van der Waals surface area (Å²) >= 11 is 4.99. The fourth-order valence-corrected chi connectivity index (χ4v) is 3.07. The molecule has 0 aromatic heterocycles. The Kier molecular flexibility index (Phi) is 4.90. The van der Waals surface area contributed by atoms with E-state index in [2.05, 4.69) is 21.2 Å². The Balaban J connectivity index is 1.47. The highest BCUT2D eigenvalue weighted by atomic mass is 79.9. The Labute approximate surface area is 141 Å². The van der Waals surface area contributed by atoms with Gasteiger partial charge in [0.1, 0.15) is 0 Å². The third-order valence-corrected chi connectivity index (χ3v) is 4.60. The van der Waals surface area contributed by atoms with Gasteiger partial charge < -0.3 is 14.8 Å². The summed E-state index contributed by atoms with van der Waals surface area (Å²) in [5, 5.41) is 2.86. The Bertz CT molecular complexity index is 676. The predicted octanol–water partition coefficient (Wildman–Crippen LogP) is 4.05. The van der Waals surface area contributed by atoms with E-state index in [1.807, 2.05) is 30.3 Å². The lowest BCUT2D eigenvalue weighted by Crippen LogP contribution is -2.14. The van der Waals surface area contributed by atoms with E-state index in [-0.39, 0.29) is 12.7 Å². The molecule has 0 atom stereocenters. The van der Waals surface area contributed by atoms with E-state index in [1.165, 1.54) is 5.56 Å². The second-order valence-electron chi connectivity index (χ2n) is 4.74. The number of anilines is 1. The maximum atomic E-state index is 11.9. The Morgan fingerprint density at radius 1 is 1.14 bits per heavy atom. The summed E-state index contributed by atoms with van der Waals surface area (Å²) in [5.74, 6) is 2.57. The molecule has 0 saturated carbocycles. The molecule has 114 valence electrons. The molecule has 0 aliphatic carbocycles. The van der Waals surface area contributed by atoms with Crippen LogP contribution in [-0.2, 0) is 10.5 Å². The van der Waals surface area contributed by atoms with Crippen molar-refractivity contribution in [2.45, 2.75) is 5.75 Å². The zero-order valence-corrected chi connectivity index (χ0v) is 14.1. The number of hydrogen-bond acceptors (Lipinski definition) is 4. The van der Waals surface area contributed by atoms with Gasteiger partial charge in [0.2, 0.25) is 12.7 Å². The highest BCUT2D eigenvalue weighted by Crippen LogP contribution is 2.34. The molecule has 0 bridgehead atoms. The van der Waals surface area contributed by atoms with Crippen LogP contribution in [-0.4, -0.2) is 18.5 Å². The molecule has 0 spiro atoms. The molecule has 1 aliphatic heterocycles. The highest BCUT2D eigenvalue weighted by molar-refractivity contribution is 9.10. The molecule has 1 amide bonds. The van der Waals surface area contributed by atoms with Crippen LogP contribution in [0.15, 0.2) is 46.9 Å². The van der Waals surface area contributed by atoms with Crippen molar-refractivity contribution in [2.24, 2.45) is 0 Å². The number of fused-ring (bicyclic) bond motifs is 1. The van der Waals surface area contributed by atoms with Crippen LogP contribution < -0.4 is 14.8 Å². The van der Waals surface area contributed by atoms with Crippen LogP contribution in [0.5, 0.6) is 11.5 Å². The fourth-order valence-electron chi connectivity index (χ4n) is 2.01. The zero-order valence-electron chi connectivity index (χ0n) is 11.7. The number of carbonyl (C=O) groups excluding carboxylic acids is 1. The molecule has 0 saturated heterocycles. The molecule has 22 heavy (non-hydrogen) atoms. The van der Waals surface area contributed by atoms with Crippen molar-refractivity contribution < 1.29 is 14.3 Å². The summed E-state index contributed by atoms with van der Waals surface area (Å²) in [7, 11) is 0. The summed E-state index contributed by atoms with van der Waals surface area (Å²) in [6.45, 7) is 0.232. The van der Waals surface area contributed by atoms with Gasteiger partial charge in [0.15, 0.2) is 11.5 Å². The third-order valence-electron chi connectivity index (χ3n) is 3.07. The number of amides is 1. The number of thioether (sulfide) groups is 1. The standard InChI is InChI=1S/C16H14BrNO3S/c17-12-3-1-11(2-4-12)8-22-9-16(19)18-13-5-6-14-15(7-13)21-10-20-14/h1-7H,8-10H2,(H,18,19). The van der Waals surface area contributed by atoms with Crippen LogP contribution in [0.3, 0.4) is 0 Å². The van der Waals surface area contributed by atoms with Crippen LogP contribution >= 0.6 is 27.7 Å². The number of benzene rings is 2. The van der Waals surface area contributed by atoms with Crippen LogP contribution in [0.2, 0.25) is 0 Å². The number of hydrogen-bond donors (Lipinski definition) is 1. The van der Waals surface area contributed by atoms with Crippen LogP contribution in [0.25, 0.3) is 0 Å². The summed E-state index contributed by atoms with van der Waals surface area (Å²) in [6.07, 6.45) is 0. The van der Waals surface area contributed by atoms with Crippen molar-refractivity contribution in [2.75, 3.05) is 17.9 Å². The van der Waals surface area contributed by atoms with Gasteiger partial charge in [-0.05, 0) is 29.8 Å². The smallest absolute Gasteiger partial charge is 0.234 e. The maximum absolute atomic E-state index is 11.9. The molecule has 2 aromatic carbocycles. The largest absolute Gasteiger partial charge is 0.454 e. The van der Waals surface area contributed by atoms with Gasteiger partial charge >= 0.3 is 0 Å². The van der Waals surface area contributed by atoms with Gasteiger partial charge in [0.25, 0.3) is 0 Å². The number of carbonyl (C=O) groups is 1. The lowest BCUT2D eigenvalue weighted by Gasteiger charge is -2.06. The van der Waals surface area contributed by atoms with Crippen LogP contribution in [0.4, 0.5) is 5.69 Å². The lowest BCUT2D eigenvalue weighted by molar-refractivity contribution is -0.113. The number of nitrogens with one attached hydrogen (secondary N) is 1. The normalized spacial score (nSPS) is 12.2. The van der Waals surface area contributed by atoms with Gasteiger partial charge in [-0.2, -0.15) is 0 Å². The summed E-state index contributed by atoms with van der Waals surface area (Å²) in [6, 6.07) is 13.5. The minimum Gasteiger partial charge on any atom is -0.454 e. The van der Waals surface area contributed by atoms with Gasteiger partial charge in [0, 0.05) is 22.0 Å². The van der Waals surface area contributed by atoms with Crippen molar-refractivity contribution in [3.8, 4) is 11.5 Å². The van der Waals surface area contributed by atoms with Crippen LogP contribution in [0.1, 0.15) is 5.56 Å². The average molecular weight is 380 g/mol. The zero-order chi connectivity index (χ0) is 15.4. The molecule has 2 aromatic rings. The van der Waals surface area contributed by atoms with Gasteiger partial charge in [0.05, 0.1) is 5.75 Å². The molecule has 0 unspecified atom stereocenters. The summed E-state index contributed by atoms with van der Waals surface area (Å²) < 4.78 is 11.6. The van der Waals surface area contributed by atoms with Gasteiger partial charge in [-0.1, -0.05) is 28.1 Å². The number of rotatable bonds is 5. The second kappa shape index (κ2) is 7.07. The van der Waals surface area contributed by atoms with Crippen molar-refractivity contribution in [1.29, 1.82) is 0 Å². The summed E-state index contributed by atoms with van der Waals surface area (Å²) in [5.41, 5.74) is 1.92. The third kappa shape index (κ3) is 3.96. The van der Waals surface area contributed by atoms with Crippen LogP contribution in [0, 0.1) is 0 Å². The van der Waals surface area contributed by atoms with E-state index in [1.54, 1.807) is 23.9 Å². The quantitative estimate of drug-likeness (QED) is 0.850. The first-order valence-corrected chi connectivity index (χ1v) is 8.67. The topological polar surface area (TPSA) is 47.6 Å². The van der Waals surface area contributed by atoms with E-state index in [4.69, 9.17) is 9.47 Å². The van der Waals surface area contributed by atoms with Gasteiger partial charge in [-0.25, -0.2) is 0 Å². The van der Waals surface area contributed by atoms with E-state index in [9.17, 15) is 4.79 Å². The molecule has 6 heteroatoms. The van der Waals surface area contributed by atoms with Crippen molar-refractivity contribution in [1.82, 2.24) is 0 Å². The van der Waals surface area contributed by atoms with E-state index >= 15 is 0 Å². The summed E-state index contributed by atoms with van der Waals surface area (Å²) in [4.78, 5) is 11.9. The Morgan fingerprint density at radius 3 is 2.73 bits per heavy atom. The predicted molar refractivity (Wildman–Crippen MR) is 91.5 cm³/mol. The monoisotopic (exact) mass is 379 g/mol.